The Morgan fingerprint density at radius 3 is 1.55 bits per heavy atom. The highest BCUT2D eigenvalue weighted by Crippen LogP contribution is 2.26. The van der Waals surface area contributed by atoms with Gasteiger partial charge in [-0.1, -0.05) is 173 Å². The Morgan fingerprint density at radius 1 is 0.672 bits per heavy atom. The van der Waals surface area contributed by atoms with Crippen molar-refractivity contribution in [3.63, 3.8) is 0 Å². The van der Waals surface area contributed by atoms with E-state index in [-0.39, 0.29) is 18.9 Å². The van der Waals surface area contributed by atoms with Crippen molar-refractivity contribution in [2.45, 2.75) is 243 Å². The van der Waals surface area contributed by atoms with Gasteiger partial charge in [-0.15, -0.1) is 0 Å². The molecule has 0 radical (unpaired) electrons. The molecule has 0 aromatic heterocycles. The van der Waals surface area contributed by atoms with Crippen molar-refractivity contribution < 1.29 is 51.8 Å². The number of ether oxygens (including phenoxy) is 2. The molecular formula is C45H85NO11S. The minimum Gasteiger partial charge on any atom is -0.394 e. The number of aliphatic hydroxyl groups is 4. The molecule has 13 heteroatoms. The molecule has 0 bridgehead atoms. The fourth-order valence-corrected chi connectivity index (χ4v) is 7.84. The Labute approximate surface area is 352 Å². The molecule has 1 rings (SSSR count). The van der Waals surface area contributed by atoms with Crippen LogP contribution in [0.4, 0.5) is 0 Å². The quantitative estimate of drug-likeness (QED) is 0.0197. The van der Waals surface area contributed by atoms with Crippen LogP contribution in [0.25, 0.3) is 0 Å². The maximum Gasteiger partial charge on any atom is 0.397 e. The van der Waals surface area contributed by atoms with Crippen molar-refractivity contribution in [3.05, 3.63) is 24.3 Å². The van der Waals surface area contributed by atoms with Crippen molar-refractivity contribution in [2.75, 3.05) is 13.2 Å². The molecule has 0 saturated carbocycles. The maximum absolute atomic E-state index is 13.0. The number of carbonyl (C=O) groups is 1. The molecule has 0 spiro atoms. The summed E-state index contributed by atoms with van der Waals surface area (Å²) in [6.45, 7) is 3.34. The van der Waals surface area contributed by atoms with E-state index in [1.54, 1.807) is 6.08 Å². The molecule has 7 unspecified atom stereocenters. The van der Waals surface area contributed by atoms with Gasteiger partial charge in [0.05, 0.1) is 25.4 Å². The molecule has 7 atom stereocenters. The third-order valence-electron chi connectivity index (χ3n) is 11.0. The van der Waals surface area contributed by atoms with Gasteiger partial charge in [-0.2, -0.15) is 8.42 Å². The lowest BCUT2D eigenvalue weighted by atomic mass is 9.99. The van der Waals surface area contributed by atoms with Gasteiger partial charge in [-0.3, -0.25) is 9.35 Å². The molecule has 1 amide bonds. The summed E-state index contributed by atoms with van der Waals surface area (Å²) in [5.74, 6) is -0.269. The lowest BCUT2D eigenvalue weighted by Crippen LogP contribution is -2.61. The molecule has 58 heavy (non-hydrogen) atoms. The summed E-state index contributed by atoms with van der Waals surface area (Å²) in [7, 11) is -5.08. The van der Waals surface area contributed by atoms with Crippen molar-refractivity contribution >= 4 is 16.3 Å². The number of hydrogen-bond acceptors (Lipinski definition) is 10. The Balaban J connectivity index is 2.41. The van der Waals surface area contributed by atoms with E-state index in [4.69, 9.17) is 14.0 Å². The van der Waals surface area contributed by atoms with Gasteiger partial charge in [-0.05, 0) is 44.9 Å². The molecule has 342 valence electrons. The van der Waals surface area contributed by atoms with E-state index in [9.17, 15) is 33.6 Å². The zero-order valence-corrected chi connectivity index (χ0v) is 37.2. The summed E-state index contributed by atoms with van der Waals surface area (Å²) in [5, 5.41) is 44.5. The van der Waals surface area contributed by atoms with Crippen LogP contribution in [0.1, 0.15) is 200 Å². The van der Waals surface area contributed by atoms with Crippen LogP contribution in [-0.4, -0.2) is 95.4 Å². The minimum atomic E-state index is -5.08. The summed E-state index contributed by atoms with van der Waals surface area (Å²) in [6, 6.07) is -0.942. The molecule has 1 aliphatic rings. The standard InChI is InChI=1S/C45H85NO11S/c1-3-5-7-9-11-13-14-15-16-17-18-19-20-21-22-23-24-25-27-29-31-33-35-41(49)46-38(39(48)34-32-30-28-26-12-10-8-6-4-2)37-55-45-43(51)44(57-58(52,53)54)42(50)40(36-47)56-45/h20-21,32,34,38-40,42-45,47-48,50-51H,3-19,22-31,33,35-37H2,1-2H3,(H,46,49)(H,52,53,54)/b21-20-,34-32+. The Kier molecular flexibility index (Phi) is 34.1. The summed E-state index contributed by atoms with van der Waals surface area (Å²) < 4.78 is 47.4. The molecule has 0 aromatic carbocycles. The van der Waals surface area contributed by atoms with Gasteiger partial charge in [0.1, 0.15) is 24.4 Å². The number of amides is 1. The number of aliphatic hydroxyl groups excluding tert-OH is 4. The Bertz CT molecular complexity index is 1140. The van der Waals surface area contributed by atoms with Gasteiger partial charge in [0, 0.05) is 6.42 Å². The third kappa shape index (κ3) is 28.9. The van der Waals surface area contributed by atoms with Crippen LogP contribution in [0, 0.1) is 0 Å². The largest absolute Gasteiger partial charge is 0.397 e. The zero-order chi connectivity index (χ0) is 42.7. The number of carbonyl (C=O) groups excluding carboxylic acids is 1. The fraction of sp³-hybridized carbons (Fsp3) is 0.889. The molecule has 1 saturated heterocycles. The van der Waals surface area contributed by atoms with Crippen LogP contribution in [0.2, 0.25) is 0 Å². The van der Waals surface area contributed by atoms with E-state index < -0.39 is 59.9 Å². The molecule has 12 nitrogen and oxygen atoms in total. The van der Waals surface area contributed by atoms with Crippen molar-refractivity contribution in [1.82, 2.24) is 5.32 Å². The van der Waals surface area contributed by atoms with Gasteiger partial charge in [0.15, 0.2) is 6.29 Å². The van der Waals surface area contributed by atoms with E-state index >= 15 is 0 Å². The van der Waals surface area contributed by atoms with E-state index in [1.165, 1.54) is 122 Å². The van der Waals surface area contributed by atoms with Crippen LogP contribution < -0.4 is 5.32 Å². The highest BCUT2D eigenvalue weighted by Gasteiger charge is 2.48. The van der Waals surface area contributed by atoms with E-state index in [0.717, 1.165) is 51.4 Å². The summed E-state index contributed by atoms with van der Waals surface area (Å²) >= 11 is 0. The topological polar surface area (TPSA) is 192 Å². The maximum atomic E-state index is 13.0. The van der Waals surface area contributed by atoms with Crippen LogP contribution >= 0.6 is 0 Å². The summed E-state index contributed by atoms with van der Waals surface area (Å²) in [6.07, 6.45) is 32.4. The fourth-order valence-electron chi connectivity index (χ4n) is 7.33. The second-order valence-electron chi connectivity index (χ2n) is 16.3. The highest BCUT2D eigenvalue weighted by atomic mass is 32.3. The average molecular weight is 848 g/mol. The van der Waals surface area contributed by atoms with Gasteiger partial charge in [0.2, 0.25) is 5.91 Å². The SMILES string of the molecule is CCCCCCCCC/C=C/C(O)C(COC1OC(CO)C(O)C(OS(=O)(=O)O)C1O)NC(=O)CCCCCCCCC/C=C\CCCCCCCCCCCCC. The smallest absolute Gasteiger partial charge is 0.394 e. The molecule has 0 aliphatic carbocycles. The first kappa shape index (κ1) is 54.6. The third-order valence-corrected chi connectivity index (χ3v) is 11.4. The second kappa shape index (κ2) is 36.3. The Morgan fingerprint density at radius 2 is 1.10 bits per heavy atom. The lowest BCUT2D eigenvalue weighted by Gasteiger charge is -2.41. The number of unbranched alkanes of at least 4 members (excludes halogenated alkanes) is 25. The number of hydrogen-bond donors (Lipinski definition) is 6. The van der Waals surface area contributed by atoms with Crippen molar-refractivity contribution in [1.29, 1.82) is 0 Å². The Hall–Kier alpha value is -1.42. The lowest BCUT2D eigenvalue weighted by molar-refractivity contribution is -0.298. The first-order valence-corrected chi connectivity index (χ1v) is 24.6. The predicted octanol–water partition coefficient (Wildman–Crippen LogP) is 8.94. The van der Waals surface area contributed by atoms with Crippen LogP contribution in [0.5, 0.6) is 0 Å². The van der Waals surface area contributed by atoms with Crippen LogP contribution in [0.15, 0.2) is 24.3 Å². The normalized spacial score (nSPS) is 21.3. The molecule has 1 fully saturated rings. The van der Waals surface area contributed by atoms with Gasteiger partial charge in [-0.25, -0.2) is 4.18 Å². The van der Waals surface area contributed by atoms with E-state index in [1.807, 2.05) is 6.08 Å². The molecule has 1 heterocycles. The van der Waals surface area contributed by atoms with Gasteiger partial charge in [0.25, 0.3) is 0 Å². The summed E-state index contributed by atoms with van der Waals surface area (Å²) in [5.41, 5.74) is 0. The number of rotatable bonds is 39. The second-order valence-corrected chi connectivity index (χ2v) is 17.4. The molecule has 1 aliphatic heterocycles. The van der Waals surface area contributed by atoms with Crippen molar-refractivity contribution in [2.24, 2.45) is 0 Å². The predicted molar refractivity (Wildman–Crippen MR) is 232 cm³/mol. The van der Waals surface area contributed by atoms with Crippen LogP contribution in [0.3, 0.4) is 0 Å². The van der Waals surface area contributed by atoms with Crippen molar-refractivity contribution in [3.8, 4) is 0 Å². The number of nitrogens with one attached hydrogen (secondary N) is 1. The number of allylic oxidation sites excluding steroid dienone is 3. The molecule has 0 aromatic rings. The average Bonchev–Trinajstić information content (AvgIpc) is 3.19. The first-order chi connectivity index (χ1) is 28.0. The summed E-state index contributed by atoms with van der Waals surface area (Å²) in [4.78, 5) is 13.0. The highest BCUT2D eigenvalue weighted by molar-refractivity contribution is 7.80. The zero-order valence-electron chi connectivity index (χ0n) is 36.4. The molecular weight excluding hydrogens is 763 g/mol. The van der Waals surface area contributed by atoms with Crippen LogP contribution in [-0.2, 0) is 28.9 Å². The van der Waals surface area contributed by atoms with E-state index in [2.05, 4.69) is 35.5 Å². The van der Waals surface area contributed by atoms with E-state index in [0.29, 0.717) is 6.42 Å². The van der Waals surface area contributed by atoms with Gasteiger partial charge < -0.3 is 35.2 Å². The molecule has 6 N–H and O–H groups in total. The first-order valence-electron chi connectivity index (χ1n) is 23.2. The minimum absolute atomic E-state index is 0.264. The van der Waals surface area contributed by atoms with Gasteiger partial charge >= 0.3 is 10.4 Å². The monoisotopic (exact) mass is 848 g/mol.